The van der Waals surface area contributed by atoms with Crippen molar-refractivity contribution >= 4 is 39.9 Å². The van der Waals surface area contributed by atoms with Crippen LogP contribution in [0.4, 0.5) is 11.6 Å². The van der Waals surface area contributed by atoms with E-state index in [0.29, 0.717) is 40.0 Å². The van der Waals surface area contributed by atoms with Crippen LogP contribution in [-0.4, -0.2) is 39.8 Å². The summed E-state index contributed by atoms with van der Waals surface area (Å²) in [5.41, 5.74) is 3.16. The lowest BCUT2D eigenvalue weighted by Gasteiger charge is -2.07. The number of imidazole rings is 2. The first kappa shape index (κ1) is 21.4. The highest BCUT2D eigenvalue weighted by atomic mass is 35.5. The van der Waals surface area contributed by atoms with Crippen molar-refractivity contribution in [3.05, 3.63) is 71.9 Å². The molecule has 0 bridgehead atoms. The topological polar surface area (TPSA) is 106 Å². The number of benzene rings is 1. The summed E-state index contributed by atoms with van der Waals surface area (Å²) in [5.74, 6) is 6.43. The van der Waals surface area contributed by atoms with Crippen molar-refractivity contribution < 1.29 is 4.79 Å². The van der Waals surface area contributed by atoms with Gasteiger partial charge in [-0.1, -0.05) is 17.5 Å². The Balaban J connectivity index is 1.37. The summed E-state index contributed by atoms with van der Waals surface area (Å²) in [6, 6.07) is 7.14. The maximum atomic E-state index is 12.6. The summed E-state index contributed by atoms with van der Waals surface area (Å²) in [6.07, 6.45) is 9.19. The zero-order chi connectivity index (χ0) is 23.7. The average molecular weight is 471 g/mol. The Morgan fingerprint density at radius 3 is 2.79 bits per heavy atom. The first-order valence-electron chi connectivity index (χ1n) is 10.4. The van der Waals surface area contributed by atoms with Gasteiger partial charge >= 0.3 is 0 Å². The standard InChI is InChI=1S/C24H19ClN8O/c1-32-13-20(28-14-32)18-6-7-27-24(31-18)29-16-10-15-11-19(30-23(15)17(25)12-16)21(34)4-3-5-22-26-8-9-33(22)2/h6-14,30H,5H2,1-2H3,(H,27,29,31). The summed E-state index contributed by atoms with van der Waals surface area (Å²) >= 11 is 6.48. The number of ketones is 1. The number of hydrogen-bond acceptors (Lipinski definition) is 6. The fraction of sp³-hybridized carbons (Fsp3) is 0.125. The number of nitrogens with zero attached hydrogens (tertiary/aromatic N) is 6. The SMILES string of the molecule is Cn1cnc(-c2ccnc(Nc3cc(Cl)c4[nH]c(C(=O)C#CCc5nccn5C)cc4c3)n2)c1. The molecule has 5 rings (SSSR count). The lowest BCUT2D eigenvalue weighted by molar-refractivity contribution is 0.105. The number of rotatable bonds is 5. The van der Waals surface area contributed by atoms with E-state index in [1.165, 1.54) is 0 Å². The number of halogens is 1. The van der Waals surface area contributed by atoms with Crippen molar-refractivity contribution in [1.82, 2.24) is 34.1 Å². The van der Waals surface area contributed by atoms with Crippen molar-refractivity contribution in [3.8, 4) is 23.2 Å². The van der Waals surface area contributed by atoms with Crippen LogP contribution in [0.5, 0.6) is 0 Å². The lowest BCUT2D eigenvalue weighted by Crippen LogP contribution is -1.98. The van der Waals surface area contributed by atoms with Gasteiger partial charge in [-0.3, -0.25) is 4.79 Å². The van der Waals surface area contributed by atoms with Gasteiger partial charge in [-0.25, -0.2) is 19.9 Å². The maximum absolute atomic E-state index is 12.6. The van der Waals surface area contributed by atoms with E-state index in [1.807, 2.05) is 41.7 Å². The van der Waals surface area contributed by atoms with Crippen molar-refractivity contribution in [2.75, 3.05) is 5.32 Å². The van der Waals surface area contributed by atoms with E-state index in [1.54, 1.807) is 36.9 Å². The Labute approximate surface area is 199 Å². The van der Waals surface area contributed by atoms with E-state index in [9.17, 15) is 4.79 Å². The number of H-pyrrole nitrogens is 1. The number of anilines is 2. The molecule has 0 saturated heterocycles. The largest absolute Gasteiger partial charge is 0.350 e. The smallest absolute Gasteiger partial charge is 0.252 e. The molecule has 0 saturated carbocycles. The second-order valence-corrected chi connectivity index (χ2v) is 8.09. The van der Waals surface area contributed by atoms with Crippen molar-refractivity contribution in [3.63, 3.8) is 0 Å². The molecule has 0 radical (unpaired) electrons. The second kappa shape index (κ2) is 8.84. The zero-order valence-corrected chi connectivity index (χ0v) is 19.1. The van der Waals surface area contributed by atoms with E-state index in [-0.39, 0.29) is 5.78 Å². The van der Waals surface area contributed by atoms with Crippen LogP contribution in [0.15, 0.2) is 55.4 Å². The molecule has 2 N–H and O–H groups in total. The molecule has 168 valence electrons. The third-order valence-electron chi connectivity index (χ3n) is 5.17. The third-order valence-corrected chi connectivity index (χ3v) is 5.47. The van der Waals surface area contributed by atoms with Gasteiger partial charge in [-0.2, -0.15) is 0 Å². The fourth-order valence-electron chi connectivity index (χ4n) is 3.47. The van der Waals surface area contributed by atoms with E-state index in [0.717, 1.165) is 16.9 Å². The second-order valence-electron chi connectivity index (χ2n) is 7.68. The van der Waals surface area contributed by atoms with Gasteiger partial charge in [0.1, 0.15) is 11.5 Å². The number of aryl methyl sites for hydroxylation is 2. The van der Waals surface area contributed by atoms with Crippen LogP contribution >= 0.6 is 11.6 Å². The summed E-state index contributed by atoms with van der Waals surface area (Å²) in [6.45, 7) is 0. The molecule has 0 amide bonds. The summed E-state index contributed by atoms with van der Waals surface area (Å²) < 4.78 is 3.72. The minimum Gasteiger partial charge on any atom is -0.350 e. The molecule has 0 aliphatic rings. The molecule has 0 unspecified atom stereocenters. The third kappa shape index (κ3) is 4.40. The minimum absolute atomic E-state index is 0.317. The van der Waals surface area contributed by atoms with Crippen LogP contribution in [-0.2, 0) is 20.5 Å². The van der Waals surface area contributed by atoms with Gasteiger partial charge in [0, 0.05) is 50.0 Å². The highest BCUT2D eigenvalue weighted by molar-refractivity contribution is 6.35. The van der Waals surface area contributed by atoms with Gasteiger partial charge in [-0.05, 0) is 30.2 Å². The van der Waals surface area contributed by atoms with E-state index >= 15 is 0 Å². The molecular formula is C24H19ClN8O. The van der Waals surface area contributed by atoms with Gasteiger partial charge in [0.05, 0.1) is 34.7 Å². The van der Waals surface area contributed by atoms with E-state index in [4.69, 9.17) is 11.6 Å². The Morgan fingerprint density at radius 1 is 1.15 bits per heavy atom. The first-order chi connectivity index (χ1) is 16.5. The number of Topliss-reactive ketones (excluding diaryl/α,β-unsaturated/α-hetero) is 1. The molecule has 0 spiro atoms. The molecule has 9 nitrogen and oxygen atoms in total. The lowest BCUT2D eigenvalue weighted by atomic mass is 10.2. The molecule has 0 aliphatic heterocycles. The number of aromatic amines is 1. The number of nitrogens with one attached hydrogen (secondary N) is 2. The number of carbonyl (C=O) groups is 1. The van der Waals surface area contributed by atoms with Crippen molar-refractivity contribution in [2.45, 2.75) is 6.42 Å². The quantitative estimate of drug-likeness (QED) is 0.229. The van der Waals surface area contributed by atoms with E-state index in [2.05, 4.69) is 42.1 Å². The minimum atomic E-state index is -0.317. The molecular weight excluding hydrogens is 452 g/mol. The molecule has 4 heterocycles. The van der Waals surface area contributed by atoms with Gasteiger partial charge < -0.3 is 19.4 Å². The number of aromatic nitrogens is 7. The van der Waals surface area contributed by atoms with Crippen LogP contribution in [0.1, 0.15) is 16.3 Å². The van der Waals surface area contributed by atoms with Crippen LogP contribution < -0.4 is 5.32 Å². The van der Waals surface area contributed by atoms with Crippen LogP contribution in [0.2, 0.25) is 5.02 Å². The van der Waals surface area contributed by atoms with Crippen molar-refractivity contribution in [2.24, 2.45) is 14.1 Å². The molecule has 34 heavy (non-hydrogen) atoms. The van der Waals surface area contributed by atoms with Crippen molar-refractivity contribution in [1.29, 1.82) is 0 Å². The number of carbonyl (C=O) groups excluding carboxylic acids is 1. The highest BCUT2D eigenvalue weighted by Gasteiger charge is 2.12. The molecule has 0 fully saturated rings. The molecule has 1 aromatic carbocycles. The molecule has 10 heteroatoms. The van der Waals surface area contributed by atoms with Gasteiger partial charge in [0.25, 0.3) is 5.78 Å². The Bertz CT molecular complexity index is 1580. The highest BCUT2D eigenvalue weighted by Crippen LogP contribution is 2.29. The van der Waals surface area contributed by atoms with Gasteiger partial charge in [0.15, 0.2) is 0 Å². The predicted molar refractivity (Wildman–Crippen MR) is 130 cm³/mol. The van der Waals surface area contributed by atoms with Crippen LogP contribution in [0.3, 0.4) is 0 Å². The number of fused-ring (bicyclic) bond motifs is 1. The average Bonchev–Trinajstić information content (AvgIpc) is 3.54. The monoisotopic (exact) mass is 470 g/mol. The maximum Gasteiger partial charge on any atom is 0.252 e. The molecule has 4 aromatic heterocycles. The Hall–Kier alpha value is -4.42. The normalized spacial score (nSPS) is 10.8. The molecule has 0 atom stereocenters. The predicted octanol–water partition coefficient (Wildman–Crippen LogP) is 3.92. The molecule has 0 aliphatic carbocycles. The molecule has 5 aromatic rings. The summed E-state index contributed by atoms with van der Waals surface area (Å²) in [7, 11) is 3.78. The Kier molecular flexibility index (Phi) is 5.57. The Morgan fingerprint density at radius 2 is 2.03 bits per heavy atom. The fourth-order valence-corrected chi connectivity index (χ4v) is 3.74. The van der Waals surface area contributed by atoms with E-state index < -0.39 is 0 Å². The summed E-state index contributed by atoms with van der Waals surface area (Å²) in [4.78, 5) is 33.0. The zero-order valence-electron chi connectivity index (χ0n) is 18.4. The van der Waals surface area contributed by atoms with Gasteiger partial charge in [0.2, 0.25) is 5.95 Å². The van der Waals surface area contributed by atoms with Gasteiger partial charge in [-0.15, -0.1) is 0 Å². The van der Waals surface area contributed by atoms with Crippen LogP contribution in [0, 0.1) is 11.8 Å². The first-order valence-corrected chi connectivity index (χ1v) is 10.7. The van der Waals surface area contributed by atoms with Crippen LogP contribution in [0.25, 0.3) is 22.3 Å². The number of hydrogen-bond donors (Lipinski definition) is 2. The summed E-state index contributed by atoms with van der Waals surface area (Å²) in [5, 5.41) is 4.40.